The maximum absolute atomic E-state index is 7.05. The highest BCUT2D eigenvalue weighted by atomic mass is 32.1. The van der Waals surface area contributed by atoms with E-state index < -0.39 is 0 Å². The van der Waals surface area contributed by atoms with Crippen molar-refractivity contribution in [2.45, 2.75) is 0 Å². The van der Waals surface area contributed by atoms with E-state index in [0.717, 1.165) is 72.9 Å². The van der Waals surface area contributed by atoms with Gasteiger partial charge in [0.15, 0.2) is 0 Å². The topological polar surface area (TPSA) is 29.5 Å². The van der Waals surface area contributed by atoms with Crippen LogP contribution in [0.2, 0.25) is 0 Å². The Kier molecular flexibility index (Phi) is 12.9. The van der Waals surface area contributed by atoms with Gasteiger partial charge < -0.3 is 23.4 Å². The summed E-state index contributed by atoms with van der Waals surface area (Å²) < 4.78 is 19.5. The summed E-state index contributed by atoms with van der Waals surface area (Å²) in [6.45, 7) is 0. The lowest BCUT2D eigenvalue weighted by Crippen LogP contribution is -2.10. The second kappa shape index (κ2) is 22.6. The van der Waals surface area contributed by atoms with Gasteiger partial charge in [-0.25, -0.2) is 0 Å². The summed E-state index contributed by atoms with van der Waals surface area (Å²) in [5.74, 6) is 0. The molecule has 5 nitrogen and oxygen atoms in total. The summed E-state index contributed by atoms with van der Waals surface area (Å²) in [7, 11) is 0. The van der Waals surface area contributed by atoms with Crippen LogP contribution < -0.4 is 9.80 Å². The van der Waals surface area contributed by atoms with E-state index >= 15 is 0 Å². The van der Waals surface area contributed by atoms with Gasteiger partial charge >= 0.3 is 0 Å². The first-order valence-corrected chi connectivity index (χ1v) is 36.3. The molecule has 0 spiro atoms. The largest absolute Gasteiger partial charge is 0.456 e. The monoisotopic (exact) mass is 1330 g/mol. The predicted molar refractivity (Wildman–Crippen MR) is 429 cm³/mol. The van der Waals surface area contributed by atoms with Crippen molar-refractivity contribution < 1.29 is 4.42 Å². The maximum Gasteiger partial charge on any atom is 0.137 e. The number of thiophene rings is 3. The smallest absolute Gasteiger partial charge is 0.137 e. The van der Waals surface area contributed by atoms with E-state index in [1.165, 1.54) is 121 Å². The Bertz CT molecular complexity index is 6830. The van der Waals surface area contributed by atoms with Crippen molar-refractivity contribution in [1.82, 2.24) is 9.13 Å². The quantitative estimate of drug-likeness (QED) is 0.129. The number of nitrogens with zero attached hydrogens (tertiary/aromatic N) is 4. The zero-order valence-corrected chi connectivity index (χ0v) is 56.2. The summed E-state index contributed by atoms with van der Waals surface area (Å²) in [6, 6.07) is 124. The molecule has 15 aromatic carbocycles. The molecule has 0 amide bonds. The van der Waals surface area contributed by atoms with E-state index in [9.17, 15) is 0 Å². The Morgan fingerprint density at radius 3 is 1.36 bits per heavy atom. The number of furan rings is 1. The SMILES string of the molecule is c1ccc(-c2ccc(N(c3cccc4c3sc3ccccc34)c3cccc4c3sc3c5ccccc5n(-c5ccc(-c6ccc7c(c6)oc6cc(N(c8ccc(-c9cccc%10ccccc9%10)cc8)c8cccc9c8sc8c%10ccccc%10n(-c%10ccccc%10)c98)ccc67)cc5)c43)cc2)cc1. The number of anilines is 6. The van der Waals surface area contributed by atoms with Crippen LogP contribution in [0.3, 0.4) is 0 Å². The maximum atomic E-state index is 7.05. The van der Waals surface area contributed by atoms with Crippen LogP contribution in [-0.2, 0) is 0 Å². The standard InChI is InChI=1S/C92H56N4OS3/c1-3-19-57(20-4-1)58-39-46-65(47-40-58)94(81-36-16-30-73-72-26-11-14-38-85(72)98-88(73)81)82-37-18-32-77-87-92(100-90(77)82)75-28-10-13-34-79(75)96(87)66-48-41-59(42-49-66)62-45-53-70-71-54-52-67(56-84(71)97-83(70)55-62)93(64-50-43-61(44-51-64)69-29-15-22-60-21-7-8-25-68(60)69)80-35-17-31-76-86-91(99-89(76)80)74-27-9-12-33-78(74)95(86)63-23-5-2-6-24-63/h1-56H. The fourth-order valence-corrected chi connectivity index (χ4v) is 19.6. The molecular weight excluding hydrogens is 1270 g/mol. The van der Waals surface area contributed by atoms with Crippen LogP contribution in [0.15, 0.2) is 344 Å². The lowest BCUT2D eigenvalue weighted by atomic mass is 9.98. The molecule has 0 saturated carbocycles. The third-order valence-corrected chi connectivity index (χ3v) is 24.0. The number of hydrogen-bond donors (Lipinski definition) is 0. The number of aromatic nitrogens is 2. The molecule has 0 fully saturated rings. The average Bonchev–Trinajstić information content (AvgIpc) is 1.56. The van der Waals surface area contributed by atoms with E-state index in [2.05, 4.69) is 359 Å². The van der Waals surface area contributed by atoms with Gasteiger partial charge in [0.1, 0.15) is 11.2 Å². The molecule has 0 saturated heterocycles. The molecule has 0 aliphatic rings. The molecule has 21 aromatic rings. The highest BCUT2D eigenvalue weighted by Crippen LogP contribution is 2.53. The number of rotatable bonds is 11. The molecule has 0 radical (unpaired) electrons. The lowest BCUT2D eigenvalue weighted by molar-refractivity contribution is 0.669. The van der Waals surface area contributed by atoms with Crippen LogP contribution in [0, 0.1) is 0 Å². The van der Waals surface area contributed by atoms with Gasteiger partial charge in [0, 0.05) is 82.3 Å². The van der Waals surface area contributed by atoms with Crippen molar-refractivity contribution in [3.8, 4) is 44.8 Å². The van der Waals surface area contributed by atoms with Crippen molar-refractivity contribution in [3.05, 3.63) is 340 Å². The predicted octanol–water partition coefficient (Wildman–Crippen LogP) is 27.7. The van der Waals surface area contributed by atoms with Gasteiger partial charge in [0.2, 0.25) is 0 Å². The summed E-state index contributed by atoms with van der Waals surface area (Å²) in [5.41, 5.74) is 22.3. The molecule has 0 unspecified atom stereocenters. The first-order chi connectivity index (χ1) is 49.6. The van der Waals surface area contributed by atoms with Crippen LogP contribution in [-0.4, -0.2) is 9.13 Å². The van der Waals surface area contributed by atoms with Gasteiger partial charge in [-0.2, -0.15) is 0 Å². The molecular formula is C92H56N4OS3. The fourth-order valence-electron chi connectivity index (χ4n) is 15.8. The van der Waals surface area contributed by atoms with Gasteiger partial charge in [0.25, 0.3) is 0 Å². The normalized spacial score (nSPS) is 12.0. The number of fused-ring (bicyclic) bond motifs is 17. The Morgan fingerprint density at radius 2 is 0.690 bits per heavy atom. The first kappa shape index (κ1) is 56.8. The van der Waals surface area contributed by atoms with Crippen LogP contribution >= 0.6 is 34.0 Å². The summed E-state index contributed by atoms with van der Waals surface area (Å²) in [6.07, 6.45) is 0. The first-order valence-electron chi connectivity index (χ1n) is 33.9. The van der Waals surface area contributed by atoms with Gasteiger partial charge in [-0.15, -0.1) is 34.0 Å². The Balaban J connectivity index is 0.666. The van der Waals surface area contributed by atoms with Crippen LogP contribution in [0.1, 0.15) is 0 Å². The zero-order chi connectivity index (χ0) is 65.5. The summed E-state index contributed by atoms with van der Waals surface area (Å²) in [4.78, 5) is 4.93. The van der Waals surface area contributed by atoms with Crippen LogP contribution in [0.4, 0.5) is 34.1 Å². The van der Waals surface area contributed by atoms with Gasteiger partial charge in [-0.05, 0) is 153 Å². The molecule has 0 N–H and O–H groups in total. The molecule has 0 aliphatic heterocycles. The number of para-hydroxylation sites is 3. The van der Waals surface area contributed by atoms with Crippen molar-refractivity contribution in [2.75, 3.05) is 9.80 Å². The van der Waals surface area contributed by atoms with E-state index in [4.69, 9.17) is 4.42 Å². The summed E-state index contributed by atoms with van der Waals surface area (Å²) in [5, 5.41) is 12.1. The molecule has 6 aromatic heterocycles. The lowest BCUT2D eigenvalue weighted by Gasteiger charge is -2.27. The number of benzene rings is 15. The Hall–Kier alpha value is -12.3. The van der Waals surface area contributed by atoms with Crippen molar-refractivity contribution in [3.63, 3.8) is 0 Å². The van der Waals surface area contributed by atoms with Crippen molar-refractivity contribution in [1.29, 1.82) is 0 Å². The van der Waals surface area contributed by atoms with Gasteiger partial charge in [-0.1, -0.05) is 224 Å². The second-order valence-electron chi connectivity index (χ2n) is 25.9. The molecule has 0 atom stereocenters. The van der Waals surface area contributed by atoms with E-state index in [1.807, 2.05) is 34.0 Å². The second-order valence-corrected chi connectivity index (χ2v) is 29.0. The van der Waals surface area contributed by atoms with E-state index in [1.54, 1.807) is 0 Å². The molecule has 100 heavy (non-hydrogen) atoms. The molecule has 8 heteroatoms. The van der Waals surface area contributed by atoms with Crippen LogP contribution in [0.5, 0.6) is 0 Å². The zero-order valence-electron chi connectivity index (χ0n) is 53.8. The molecule has 21 rings (SSSR count). The minimum Gasteiger partial charge on any atom is -0.456 e. The summed E-state index contributed by atoms with van der Waals surface area (Å²) >= 11 is 5.64. The van der Waals surface area contributed by atoms with Crippen LogP contribution in [0.25, 0.3) is 160 Å². The molecule has 0 bridgehead atoms. The molecule has 468 valence electrons. The minimum absolute atomic E-state index is 0.832. The minimum atomic E-state index is 0.832. The third-order valence-electron chi connectivity index (χ3n) is 20.3. The van der Waals surface area contributed by atoms with Crippen molar-refractivity contribution >= 4 is 183 Å². The van der Waals surface area contributed by atoms with E-state index in [0.29, 0.717) is 0 Å². The van der Waals surface area contributed by atoms with Crippen molar-refractivity contribution in [2.24, 2.45) is 0 Å². The molecule has 0 aliphatic carbocycles. The fraction of sp³-hybridized carbons (Fsp3) is 0. The Morgan fingerprint density at radius 1 is 0.250 bits per heavy atom. The van der Waals surface area contributed by atoms with Gasteiger partial charge in [0.05, 0.1) is 62.6 Å². The van der Waals surface area contributed by atoms with Gasteiger partial charge in [-0.3, -0.25) is 0 Å². The molecule has 6 heterocycles. The number of hydrogen-bond acceptors (Lipinski definition) is 6. The Labute approximate surface area is 587 Å². The third kappa shape index (κ3) is 8.84. The van der Waals surface area contributed by atoms with E-state index in [-0.39, 0.29) is 0 Å². The highest BCUT2D eigenvalue weighted by Gasteiger charge is 2.27. The average molecular weight is 1330 g/mol. The highest BCUT2D eigenvalue weighted by molar-refractivity contribution is 7.28.